The molecule has 0 saturated heterocycles. The van der Waals surface area contributed by atoms with Crippen LogP contribution in [0.2, 0.25) is 0 Å². The van der Waals surface area contributed by atoms with Gasteiger partial charge in [0.1, 0.15) is 0 Å². The number of hydrogen-bond donors (Lipinski definition) is 1. The highest BCUT2D eigenvalue weighted by molar-refractivity contribution is 5.48. The van der Waals surface area contributed by atoms with Crippen molar-refractivity contribution in [3.8, 4) is 5.75 Å². The molecule has 1 saturated carbocycles. The maximum Gasteiger partial charge on any atom is 0.387 e. The van der Waals surface area contributed by atoms with Gasteiger partial charge < -0.3 is 10.1 Å². The van der Waals surface area contributed by atoms with Gasteiger partial charge in [-0.2, -0.15) is 8.78 Å². The molecule has 1 N–H and O–H groups in total. The van der Waals surface area contributed by atoms with Crippen LogP contribution >= 0.6 is 0 Å². The molecule has 0 spiro atoms. The number of nitrogens with one attached hydrogen (secondary N) is 1. The van der Waals surface area contributed by atoms with E-state index in [1.54, 1.807) is 6.07 Å². The molecule has 0 unspecified atom stereocenters. The van der Waals surface area contributed by atoms with Crippen LogP contribution in [0.1, 0.15) is 19.3 Å². The zero-order valence-corrected chi connectivity index (χ0v) is 8.55. The zero-order valence-electron chi connectivity index (χ0n) is 8.55. The average Bonchev–Trinajstić information content (AvgIpc) is 2.15. The Morgan fingerprint density at radius 3 is 2.56 bits per heavy atom. The monoisotopic (exact) mass is 231 g/mol. The number of anilines is 1. The Kier molecular flexibility index (Phi) is 3.22. The summed E-state index contributed by atoms with van der Waals surface area (Å²) in [4.78, 5) is 0. The molecular weight excluding hydrogens is 219 g/mol. The van der Waals surface area contributed by atoms with Crippen LogP contribution in [0.25, 0.3) is 0 Å². The lowest BCUT2D eigenvalue weighted by molar-refractivity contribution is -0.0521. The van der Waals surface area contributed by atoms with Crippen molar-refractivity contribution >= 4 is 5.69 Å². The SMILES string of the molecule is Fc1cc(NC2CCC2)ccc1OC(F)F. The van der Waals surface area contributed by atoms with Crippen LogP contribution in [0.4, 0.5) is 18.9 Å². The maximum absolute atomic E-state index is 13.3. The molecule has 0 radical (unpaired) electrons. The van der Waals surface area contributed by atoms with Gasteiger partial charge in [0.05, 0.1) is 0 Å². The predicted molar refractivity (Wildman–Crippen MR) is 54.3 cm³/mol. The van der Waals surface area contributed by atoms with Crippen LogP contribution < -0.4 is 10.1 Å². The van der Waals surface area contributed by atoms with E-state index in [4.69, 9.17) is 0 Å². The first kappa shape index (κ1) is 11.1. The van der Waals surface area contributed by atoms with Crippen LogP contribution in [0.15, 0.2) is 18.2 Å². The fraction of sp³-hybridized carbons (Fsp3) is 0.455. The summed E-state index contributed by atoms with van der Waals surface area (Å²) in [6, 6.07) is 4.30. The Morgan fingerprint density at radius 2 is 2.06 bits per heavy atom. The molecule has 88 valence electrons. The average molecular weight is 231 g/mol. The first-order chi connectivity index (χ1) is 7.65. The van der Waals surface area contributed by atoms with Crippen LogP contribution in [-0.4, -0.2) is 12.7 Å². The van der Waals surface area contributed by atoms with Crippen molar-refractivity contribution in [1.29, 1.82) is 0 Å². The first-order valence-corrected chi connectivity index (χ1v) is 5.16. The normalized spacial score (nSPS) is 16.0. The highest BCUT2D eigenvalue weighted by Gasteiger charge is 2.17. The molecule has 0 bridgehead atoms. The summed E-state index contributed by atoms with van der Waals surface area (Å²) in [5.41, 5.74) is 0.601. The quantitative estimate of drug-likeness (QED) is 0.857. The van der Waals surface area contributed by atoms with Gasteiger partial charge in [-0.05, 0) is 31.4 Å². The van der Waals surface area contributed by atoms with Crippen LogP contribution in [0.3, 0.4) is 0 Å². The summed E-state index contributed by atoms with van der Waals surface area (Å²) in [7, 11) is 0. The van der Waals surface area contributed by atoms with Gasteiger partial charge >= 0.3 is 6.61 Å². The third-order valence-corrected chi connectivity index (χ3v) is 2.62. The van der Waals surface area contributed by atoms with E-state index >= 15 is 0 Å². The summed E-state index contributed by atoms with van der Waals surface area (Å²) in [5, 5.41) is 3.12. The lowest BCUT2D eigenvalue weighted by atomic mass is 9.93. The topological polar surface area (TPSA) is 21.3 Å². The van der Waals surface area contributed by atoms with Crippen LogP contribution in [-0.2, 0) is 0 Å². The van der Waals surface area contributed by atoms with E-state index < -0.39 is 18.2 Å². The van der Waals surface area contributed by atoms with E-state index in [2.05, 4.69) is 10.1 Å². The molecule has 1 fully saturated rings. The van der Waals surface area contributed by atoms with E-state index in [9.17, 15) is 13.2 Å². The number of alkyl halides is 2. The Balaban J connectivity index is 2.03. The molecule has 5 heteroatoms. The van der Waals surface area contributed by atoms with Gasteiger partial charge in [-0.3, -0.25) is 0 Å². The molecule has 1 aromatic rings. The largest absolute Gasteiger partial charge is 0.432 e. The molecule has 2 nitrogen and oxygen atoms in total. The molecule has 1 aliphatic carbocycles. The molecule has 0 atom stereocenters. The Morgan fingerprint density at radius 1 is 1.31 bits per heavy atom. The predicted octanol–water partition coefficient (Wildman–Crippen LogP) is 3.39. The maximum atomic E-state index is 13.3. The summed E-state index contributed by atoms with van der Waals surface area (Å²) in [6.07, 6.45) is 3.31. The third-order valence-electron chi connectivity index (χ3n) is 2.62. The van der Waals surface area contributed by atoms with E-state index in [-0.39, 0.29) is 0 Å². The first-order valence-electron chi connectivity index (χ1n) is 5.16. The van der Waals surface area contributed by atoms with Gasteiger partial charge in [0.15, 0.2) is 11.6 Å². The standard InChI is InChI=1S/C11H12F3NO/c12-9-6-8(15-7-2-1-3-7)4-5-10(9)16-11(13)14/h4-7,11,15H,1-3H2. The van der Waals surface area contributed by atoms with Crippen LogP contribution in [0.5, 0.6) is 5.75 Å². The molecular formula is C11H12F3NO. The van der Waals surface area contributed by atoms with Crippen LogP contribution in [0, 0.1) is 5.82 Å². The molecule has 0 aromatic heterocycles. The molecule has 1 aromatic carbocycles. The molecule has 1 aliphatic rings. The molecule has 0 aliphatic heterocycles. The van der Waals surface area contributed by atoms with Gasteiger partial charge in [0.2, 0.25) is 0 Å². The number of halogens is 3. The van der Waals surface area contributed by atoms with E-state index in [1.807, 2.05) is 0 Å². The van der Waals surface area contributed by atoms with Gasteiger partial charge in [-0.1, -0.05) is 0 Å². The minimum absolute atomic E-state index is 0.376. The Bertz CT molecular complexity index is 366. The molecule has 0 amide bonds. The van der Waals surface area contributed by atoms with Crippen molar-refractivity contribution in [2.45, 2.75) is 31.9 Å². The van der Waals surface area contributed by atoms with Crippen molar-refractivity contribution in [3.63, 3.8) is 0 Å². The smallest absolute Gasteiger partial charge is 0.387 e. The second-order valence-corrected chi connectivity index (χ2v) is 3.80. The summed E-state index contributed by atoms with van der Waals surface area (Å²) >= 11 is 0. The molecule has 0 heterocycles. The van der Waals surface area contributed by atoms with Crippen molar-refractivity contribution in [2.24, 2.45) is 0 Å². The minimum atomic E-state index is -3.00. The number of hydrogen-bond acceptors (Lipinski definition) is 2. The Hall–Kier alpha value is -1.39. The molecule has 2 rings (SSSR count). The summed E-state index contributed by atoms with van der Waals surface area (Å²) in [5.74, 6) is -1.20. The summed E-state index contributed by atoms with van der Waals surface area (Å²) < 4.78 is 41.0. The fourth-order valence-corrected chi connectivity index (χ4v) is 1.57. The van der Waals surface area contributed by atoms with Gasteiger partial charge in [-0.25, -0.2) is 4.39 Å². The van der Waals surface area contributed by atoms with Gasteiger partial charge in [0.25, 0.3) is 0 Å². The lowest BCUT2D eigenvalue weighted by Crippen LogP contribution is -2.26. The van der Waals surface area contributed by atoms with Crippen molar-refractivity contribution in [2.75, 3.05) is 5.32 Å². The second kappa shape index (κ2) is 4.63. The third kappa shape index (κ3) is 2.59. The van der Waals surface area contributed by atoms with E-state index in [0.29, 0.717) is 11.7 Å². The van der Waals surface area contributed by atoms with Crippen molar-refractivity contribution < 1.29 is 17.9 Å². The highest BCUT2D eigenvalue weighted by Crippen LogP contribution is 2.27. The second-order valence-electron chi connectivity index (χ2n) is 3.80. The highest BCUT2D eigenvalue weighted by atomic mass is 19.3. The molecule has 16 heavy (non-hydrogen) atoms. The number of benzene rings is 1. The van der Waals surface area contributed by atoms with Crippen molar-refractivity contribution in [1.82, 2.24) is 0 Å². The van der Waals surface area contributed by atoms with Crippen molar-refractivity contribution in [3.05, 3.63) is 24.0 Å². The minimum Gasteiger partial charge on any atom is -0.432 e. The van der Waals surface area contributed by atoms with E-state index in [1.165, 1.54) is 18.6 Å². The van der Waals surface area contributed by atoms with Gasteiger partial charge in [-0.15, -0.1) is 0 Å². The van der Waals surface area contributed by atoms with Gasteiger partial charge in [0, 0.05) is 17.8 Å². The zero-order chi connectivity index (χ0) is 11.5. The fourth-order valence-electron chi connectivity index (χ4n) is 1.57. The van der Waals surface area contributed by atoms with E-state index in [0.717, 1.165) is 12.8 Å². The summed E-state index contributed by atoms with van der Waals surface area (Å²) in [6.45, 7) is -3.00. The number of rotatable bonds is 4. The Labute approximate surface area is 91.4 Å². The lowest BCUT2D eigenvalue weighted by Gasteiger charge is -2.27. The number of ether oxygens (including phenoxy) is 1.